The molecule has 0 saturated carbocycles. The summed E-state index contributed by atoms with van der Waals surface area (Å²) >= 11 is 6.26. The number of amides is 2. The molecule has 0 aliphatic carbocycles. The average Bonchev–Trinajstić information content (AvgIpc) is 3.20. The maximum Gasteiger partial charge on any atom is 0.316 e. The van der Waals surface area contributed by atoms with Crippen molar-refractivity contribution in [1.82, 2.24) is 20.2 Å². The second-order valence-electron chi connectivity index (χ2n) is 6.44. The third-order valence-corrected chi connectivity index (χ3v) is 4.91. The normalized spacial score (nSPS) is 14.8. The minimum Gasteiger partial charge on any atom is -0.420 e. The minimum absolute atomic E-state index is 0.159. The third kappa shape index (κ3) is 3.89. The quantitative estimate of drug-likeness (QED) is 0.690. The first-order valence-corrected chi connectivity index (χ1v) is 9.19. The fourth-order valence-electron chi connectivity index (χ4n) is 3.20. The summed E-state index contributed by atoms with van der Waals surface area (Å²) in [6, 6.07) is 6.09. The predicted octanol–water partition coefficient (Wildman–Crippen LogP) is 3.05. The second kappa shape index (κ2) is 7.81. The van der Waals surface area contributed by atoms with E-state index in [2.05, 4.69) is 30.4 Å². The Balaban J connectivity index is 1.47. The zero-order chi connectivity index (χ0) is 19.5. The monoisotopic (exact) mass is 399 g/mol. The fourth-order valence-corrected chi connectivity index (χ4v) is 3.40. The Labute approximate surface area is 165 Å². The van der Waals surface area contributed by atoms with Crippen LogP contribution in [-0.2, 0) is 0 Å². The van der Waals surface area contributed by atoms with Gasteiger partial charge in [0.1, 0.15) is 0 Å². The molecular formula is C18H18ClN7O2. The predicted molar refractivity (Wildman–Crippen MR) is 104 cm³/mol. The average molecular weight is 400 g/mol. The highest BCUT2D eigenvalue weighted by Crippen LogP contribution is 2.33. The van der Waals surface area contributed by atoms with Crippen molar-refractivity contribution < 1.29 is 9.21 Å². The molecular weight excluding hydrogens is 382 g/mol. The molecule has 1 aliphatic heterocycles. The van der Waals surface area contributed by atoms with Crippen LogP contribution in [0.4, 0.5) is 16.4 Å². The number of aromatic nitrogens is 4. The van der Waals surface area contributed by atoms with E-state index >= 15 is 0 Å². The van der Waals surface area contributed by atoms with Gasteiger partial charge in [0.2, 0.25) is 17.7 Å². The highest BCUT2D eigenvalue weighted by Gasteiger charge is 2.26. The van der Waals surface area contributed by atoms with E-state index < -0.39 is 6.03 Å². The van der Waals surface area contributed by atoms with Gasteiger partial charge in [-0.05, 0) is 37.1 Å². The molecule has 3 heterocycles. The van der Waals surface area contributed by atoms with Crippen LogP contribution in [0, 0.1) is 0 Å². The zero-order valence-electron chi connectivity index (χ0n) is 14.9. The summed E-state index contributed by atoms with van der Waals surface area (Å²) in [4.78, 5) is 21.8. The van der Waals surface area contributed by atoms with Gasteiger partial charge in [-0.25, -0.2) is 14.8 Å². The summed E-state index contributed by atoms with van der Waals surface area (Å²) < 4.78 is 5.89. The van der Waals surface area contributed by atoms with Crippen LogP contribution < -0.4 is 16.0 Å². The van der Waals surface area contributed by atoms with Crippen LogP contribution in [-0.4, -0.2) is 39.3 Å². The van der Waals surface area contributed by atoms with Crippen molar-refractivity contribution in [3.63, 3.8) is 0 Å². The van der Waals surface area contributed by atoms with E-state index in [0.717, 1.165) is 31.9 Å². The lowest BCUT2D eigenvalue weighted by Crippen LogP contribution is -2.34. The van der Waals surface area contributed by atoms with E-state index in [-0.39, 0.29) is 5.92 Å². The van der Waals surface area contributed by atoms with E-state index in [1.165, 1.54) is 0 Å². The van der Waals surface area contributed by atoms with Crippen molar-refractivity contribution in [3.05, 3.63) is 47.6 Å². The molecule has 0 unspecified atom stereocenters. The molecule has 144 valence electrons. The van der Waals surface area contributed by atoms with E-state index in [1.54, 1.807) is 36.7 Å². The third-order valence-electron chi connectivity index (χ3n) is 4.58. The number of halogens is 1. The van der Waals surface area contributed by atoms with Crippen molar-refractivity contribution >= 4 is 29.3 Å². The van der Waals surface area contributed by atoms with Crippen LogP contribution in [0.25, 0.3) is 11.5 Å². The van der Waals surface area contributed by atoms with Crippen molar-refractivity contribution in [1.29, 1.82) is 0 Å². The van der Waals surface area contributed by atoms with Gasteiger partial charge in [-0.2, -0.15) is 0 Å². The standard InChI is InChI=1S/C18H18ClN7O2/c19-14-3-2-12(23-17(20)27)10-13(14)16-25-24-15(28-16)11-4-8-26(9-5-11)18-21-6-1-7-22-18/h1-3,6-7,10-11H,4-5,8-9H2,(H3,20,23,27). The molecule has 0 radical (unpaired) electrons. The number of benzene rings is 1. The largest absolute Gasteiger partial charge is 0.420 e. The molecule has 28 heavy (non-hydrogen) atoms. The molecule has 10 heteroatoms. The maximum absolute atomic E-state index is 11.1. The number of carbonyl (C=O) groups excluding carboxylic acids is 1. The summed E-state index contributed by atoms with van der Waals surface area (Å²) in [6.45, 7) is 1.62. The number of urea groups is 1. The van der Waals surface area contributed by atoms with Gasteiger partial charge < -0.3 is 20.4 Å². The Morgan fingerprint density at radius 1 is 1.21 bits per heavy atom. The van der Waals surface area contributed by atoms with Crippen molar-refractivity contribution in [2.45, 2.75) is 18.8 Å². The van der Waals surface area contributed by atoms with Crippen LogP contribution >= 0.6 is 11.6 Å². The summed E-state index contributed by atoms with van der Waals surface area (Å²) in [5, 5.41) is 11.3. The van der Waals surface area contributed by atoms with E-state index in [4.69, 9.17) is 21.8 Å². The van der Waals surface area contributed by atoms with Gasteiger partial charge in [-0.1, -0.05) is 11.6 Å². The lowest BCUT2D eigenvalue weighted by Gasteiger charge is -2.30. The summed E-state index contributed by atoms with van der Waals surface area (Å²) in [6.07, 6.45) is 5.20. The van der Waals surface area contributed by atoms with Gasteiger partial charge in [0, 0.05) is 37.1 Å². The highest BCUT2D eigenvalue weighted by atomic mass is 35.5. The molecule has 2 aromatic heterocycles. The Hall–Kier alpha value is -3.20. The Kier molecular flexibility index (Phi) is 5.07. The molecule has 1 aromatic carbocycles. The molecule has 1 fully saturated rings. The topological polar surface area (TPSA) is 123 Å². The number of nitrogens with one attached hydrogen (secondary N) is 1. The van der Waals surface area contributed by atoms with Crippen LogP contribution in [0.2, 0.25) is 5.02 Å². The van der Waals surface area contributed by atoms with Crippen molar-refractivity contribution in [3.8, 4) is 11.5 Å². The summed E-state index contributed by atoms with van der Waals surface area (Å²) in [7, 11) is 0. The number of primary amides is 1. The highest BCUT2D eigenvalue weighted by molar-refractivity contribution is 6.33. The SMILES string of the molecule is NC(=O)Nc1ccc(Cl)c(-c2nnc(C3CCN(c4ncccn4)CC3)o2)c1. The van der Waals surface area contributed by atoms with Gasteiger partial charge >= 0.3 is 6.03 Å². The molecule has 0 atom stereocenters. The minimum atomic E-state index is -0.659. The lowest BCUT2D eigenvalue weighted by molar-refractivity contribution is 0.259. The van der Waals surface area contributed by atoms with Crippen LogP contribution in [0.3, 0.4) is 0 Å². The van der Waals surface area contributed by atoms with Crippen LogP contribution in [0.15, 0.2) is 41.1 Å². The fraction of sp³-hybridized carbons (Fsp3) is 0.278. The van der Waals surface area contributed by atoms with Gasteiger partial charge in [-0.3, -0.25) is 0 Å². The number of nitrogens with two attached hydrogens (primary N) is 1. The summed E-state index contributed by atoms with van der Waals surface area (Å²) in [5.41, 5.74) is 6.20. The number of carbonyl (C=O) groups is 1. The number of hydrogen-bond acceptors (Lipinski definition) is 7. The first kappa shape index (κ1) is 18.2. The molecule has 4 rings (SSSR count). The maximum atomic E-state index is 11.1. The summed E-state index contributed by atoms with van der Waals surface area (Å²) in [5.74, 6) is 1.78. The Morgan fingerprint density at radius 3 is 2.68 bits per heavy atom. The molecule has 9 nitrogen and oxygen atoms in total. The smallest absolute Gasteiger partial charge is 0.316 e. The first-order chi connectivity index (χ1) is 13.6. The molecule has 3 N–H and O–H groups in total. The Bertz CT molecular complexity index is 971. The number of nitrogens with zero attached hydrogens (tertiary/aromatic N) is 5. The molecule has 0 bridgehead atoms. The first-order valence-electron chi connectivity index (χ1n) is 8.82. The molecule has 3 aromatic rings. The van der Waals surface area contributed by atoms with Crippen LogP contribution in [0.1, 0.15) is 24.7 Å². The van der Waals surface area contributed by atoms with E-state index in [9.17, 15) is 4.79 Å². The number of piperidine rings is 1. The lowest BCUT2D eigenvalue weighted by atomic mass is 9.97. The zero-order valence-corrected chi connectivity index (χ0v) is 15.6. The molecule has 1 saturated heterocycles. The molecule has 1 aliphatic rings. The molecule has 2 amide bonds. The second-order valence-corrected chi connectivity index (χ2v) is 6.85. The van der Waals surface area contributed by atoms with Gasteiger partial charge in [-0.15, -0.1) is 10.2 Å². The van der Waals surface area contributed by atoms with Gasteiger partial charge in [0.15, 0.2) is 0 Å². The van der Waals surface area contributed by atoms with E-state index in [0.29, 0.717) is 28.1 Å². The van der Waals surface area contributed by atoms with Crippen molar-refractivity contribution in [2.24, 2.45) is 5.73 Å². The van der Waals surface area contributed by atoms with Gasteiger partial charge in [0.25, 0.3) is 0 Å². The van der Waals surface area contributed by atoms with Gasteiger partial charge in [0.05, 0.1) is 10.6 Å². The number of hydrogen-bond donors (Lipinski definition) is 2. The van der Waals surface area contributed by atoms with Crippen LogP contribution in [0.5, 0.6) is 0 Å². The number of rotatable bonds is 4. The van der Waals surface area contributed by atoms with Crippen molar-refractivity contribution in [2.75, 3.05) is 23.3 Å². The Morgan fingerprint density at radius 2 is 1.96 bits per heavy atom. The number of anilines is 2. The van der Waals surface area contributed by atoms with E-state index in [1.807, 2.05) is 0 Å². The molecule has 0 spiro atoms.